The predicted octanol–water partition coefficient (Wildman–Crippen LogP) is 5.75. The molecule has 0 radical (unpaired) electrons. The Morgan fingerprint density at radius 1 is 0.906 bits per heavy atom. The Balaban J connectivity index is 1.36. The van der Waals surface area contributed by atoms with Crippen LogP contribution < -0.4 is 5.32 Å². The van der Waals surface area contributed by atoms with Crippen molar-refractivity contribution >= 4 is 51.9 Å². The molecule has 158 valence electrons. The number of rotatable bonds is 6. The molecule has 0 aliphatic carbocycles. The summed E-state index contributed by atoms with van der Waals surface area (Å²) in [7, 11) is 0. The molecule has 0 unspecified atom stereocenters. The third-order valence-electron chi connectivity index (χ3n) is 4.79. The highest BCUT2D eigenvalue weighted by molar-refractivity contribution is 8.26. The molecular weight excluding hydrogens is 436 g/mol. The third-order valence-corrected chi connectivity index (χ3v) is 6.18. The second kappa shape index (κ2) is 10.2. The maximum absolute atomic E-state index is 12.7. The molecule has 1 N–H and O–H groups in total. The maximum atomic E-state index is 12.7. The molecular formula is C26H20N2O2S2. The largest absolute Gasteiger partial charge is 0.325 e. The van der Waals surface area contributed by atoms with E-state index in [0.717, 1.165) is 16.7 Å². The number of amides is 2. The van der Waals surface area contributed by atoms with Crippen LogP contribution >= 0.6 is 24.0 Å². The van der Waals surface area contributed by atoms with E-state index >= 15 is 0 Å². The number of thioether (sulfide) groups is 1. The highest BCUT2D eigenvalue weighted by Crippen LogP contribution is 2.31. The molecule has 4 nitrogen and oxygen atoms in total. The lowest BCUT2D eigenvalue weighted by molar-refractivity contribution is -0.126. The van der Waals surface area contributed by atoms with Crippen LogP contribution in [-0.2, 0) is 9.59 Å². The number of carbonyl (C=O) groups excluding carboxylic acids is 2. The van der Waals surface area contributed by atoms with Crippen molar-refractivity contribution in [2.45, 2.75) is 0 Å². The van der Waals surface area contributed by atoms with E-state index in [4.69, 9.17) is 12.2 Å². The predicted molar refractivity (Wildman–Crippen MR) is 136 cm³/mol. The fraction of sp³-hybridized carbons (Fsp3) is 0.0385. The number of nitrogens with zero attached hydrogens (tertiary/aromatic N) is 1. The van der Waals surface area contributed by atoms with Crippen LogP contribution in [0, 0.1) is 0 Å². The Kier molecular flexibility index (Phi) is 6.94. The van der Waals surface area contributed by atoms with Gasteiger partial charge < -0.3 is 5.32 Å². The summed E-state index contributed by atoms with van der Waals surface area (Å²) in [6.45, 7) is -0.120. The fourth-order valence-electron chi connectivity index (χ4n) is 3.18. The van der Waals surface area contributed by atoms with Gasteiger partial charge in [0, 0.05) is 5.69 Å². The van der Waals surface area contributed by atoms with Crippen LogP contribution in [0.4, 0.5) is 5.69 Å². The molecule has 4 rings (SSSR count). The molecule has 1 aliphatic heterocycles. The third kappa shape index (κ3) is 5.41. The van der Waals surface area contributed by atoms with Crippen LogP contribution in [0.3, 0.4) is 0 Å². The highest BCUT2D eigenvalue weighted by atomic mass is 32.2. The minimum atomic E-state index is -0.296. The molecule has 3 aromatic carbocycles. The minimum absolute atomic E-state index is 0.120. The van der Waals surface area contributed by atoms with Crippen molar-refractivity contribution in [1.82, 2.24) is 4.90 Å². The first-order valence-corrected chi connectivity index (χ1v) is 11.2. The van der Waals surface area contributed by atoms with Gasteiger partial charge in [0.05, 0.1) is 4.91 Å². The van der Waals surface area contributed by atoms with Gasteiger partial charge in [0.1, 0.15) is 10.9 Å². The van der Waals surface area contributed by atoms with Gasteiger partial charge in [-0.3, -0.25) is 14.5 Å². The van der Waals surface area contributed by atoms with E-state index in [9.17, 15) is 9.59 Å². The number of nitrogens with one attached hydrogen (secondary N) is 1. The molecule has 3 aromatic rings. The number of thiocarbonyl (C=S) groups is 1. The number of anilines is 1. The van der Waals surface area contributed by atoms with Crippen LogP contribution in [-0.4, -0.2) is 27.6 Å². The van der Waals surface area contributed by atoms with Gasteiger partial charge in [-0.2, -0.15) is 0 Å². The van der Waals surface area contributed by atoms with Gasteiger partial charge in [-0.1, -0.05) is 109 Å². The monoisotopic (exact) mass is 456 g/mol. The quantitative estimate of drug-likeness (QED) is 0.379. The van der Waals surface area contributed by atoms with Crippen LogP contribution in [0.25, 0.3) is 17.2 Å². The summed E-state index contributed by atoms with van der Waals surface area (Å²) < 4.78 is 0.379. The first-order chi connectivity index (χ1) is 15.6. The minimum Gasteiger partial charge on any atom is -0.325 e. The zero-order chi connectivity index (χ0) is 22.3. The van der Waals surface area contributed by atoms with Gasteiger partial charge in [-0.05, 0) is 34.9 Å². The summed E-state index contributed by atoms with van der Waals surface area (Å²) in [5, 5.41) is 2.83. The van der Waals surface area contributed by atoms with E-state index in [-0.39, 0.29) is 18.4 Å². The second-order valence-corrected chi connectivity index (χ2v) is 8.73. The first-order valence-electron chi connectivity index (χ1n) is 10.0. The number of allylic oxidation sites excluding steroid dienone is 2. The van der Waals surface area contributed by atoms with Gasteiger partial charge in [0.2, 0.25) is 5.91 Å². The number of carbonyl (C=O) groups is 2. The number of hydrogen-bond acceptors (Lipinski definition) is 4. The molecule has 1 heterocycles. The Bertz CT molecular complexity index is 1190. The van der Waals surface area contributed by atoms with Gasteiger partial charge in [0.25, 0.3) is 5.91 Å². The second-order valence-electron chi connectivity index (χ2n) is 7.05. The van der Waals surface area contributed by atoms with Gasteiger partial charge >= 0.3 is 0 Å². The Hall–Kier alpha value is -3.48. The average Bonchev–Trinajstić information content (AvgIpc) is 3.08. The fourth-order valence-corrected chi connectivity index (χ4v) is 4.39. The summed E-state index contributed by atoms with van der Waals surface area (Å²) in [5.74, 6) is -0.554. The van der Waals surface area contributed by atoms with Crippen molar-refractivity contribution in [1.29, 1.82) is 0 Å². The molecule has 32 heavy (non-hydrogen) atoms. The van der Waals surface area contributed by atoms with Gasteiger partial charge in [-0.25, -0.2) is 0 Å². The van der Waals surface area contributed by atoms with Crippen LogP contribution in [0.2, 0.25) is 0 Å². The van der Waals surface area contributed by atoms with E-state index in [1.807, 2.05) is 97.1 Å². The number of hydrogen-bond donors (Lipinski definition) is 1. The standard InChI is InChI=1S/C26H20N2O2S2/c29-24(27-22-16-14-21(15-17-22)20-11-5-2-6-12-20)18-28-25(30)23(32-26(28)31)13-7-10-19-8-3-1-4-9-19/h1-17H,18H2,(H,27,29). The molecule has 1 aliphatic rings. The molecule has 0 atom stereocenters. The van der Waals surface area contributed by atoms with Crippen molar-refractivity contribution < 1.29 is 9.59 Å². The molecule has 1 fully saturated rings. The topological polar surface area (TPSA) is 49.4 Å². The SMILES string of the molecule is O=C(CN1C(=O)C(=CC=Cc2ccccc2)SC1=S)Nc1ccc(-c2ccccc2)cc1. The first kappa shape index (κ1) is 21.7. The Morgan fingerprint density at radius 2 is 1.53 bits per heavy atom. The summed E-state index contributed by atoms with van der Waals surface area (Å²) in [4.78, 5) is 27.0. The van der Waals surface area contributed by atoms with Crippen molar-refractivity contribution in [3.63, 3.8) is 0 Å². The Morgan fingerprint density at radius 3 is 2.22 bits per heavy atom. The summed E-state index contributed by atoms with van der Waals surface area (Å²) >= 11 is 6.52. The molecule has 0 spiro atoms. The maximum Gasteiger partial charge on any atom is 0.266 e. The zero-order valence-corrected chi connectivity index (χ0v) is 18.7. The molecule has 0 aromatic heterocycles. The van der Waals surface area contributed by atoms with E-state index < -0.39 is 0 Å². The van der Waals surface area contributed by atoms with Crippen LogP contribution in [0.15, 0.2) is 102 Å². The smallest absolute Gasteiger partial charge is 0.266 e. The van der Waals surface area contributed by atoms with Crippen LogP contribution in [0.1, 0.15) is 5.56 Å². The summed E-state index contributed by atoms with van der Waals surface area (Å²) in [6, 6.07) is 27.4. The van der Waals surface area contributed by atoms with Gasteiger partial charge in [0.15, 0.2) is 0 Å². The normalized spacial score (nSPS) is 15.0. The molecule has 0 bridgehead atoms. The lowest BCUT2D eigenvalue weighted by Crippen LogP contribution is -2.36. The molecule has 6 heteroatoms. The molecule has 1 saturated heterocycles. The molecule has 0 saturated carbocycles. The van der Waals surface area contributed by atoms with E-state index in [0.29, 0.717) is 14.9 Å². The van der Waals surface area contributed by atoms with E-state index in [1.54, 1.807) is 6.08 Å². The van der Waals surface area contributed by atoms with E-state index in [1.165, 1.54) is 16.7 Å². The van der Waals surface area contributed by atoms with Gasteiger partial charge in [-0.15, -0.1) is 0 Å². The van der Waals surface area contributed by atoms with Crippen LogP contribution in [0.5, 0.6) is 0 Å². The van der Waals surface area contributed by atoms with Crippen molar-refractivity contribution in [3.8, 4) is 11.1 Å². The average molecular weight is 457 g/mol. The lowest BCUT2D eigenvalue weighted by atomic mass is 10.1. The molecule has 2 amide bonds. The Labute approximate surface area is 196 Å². The highest BCUT2D eigenvalue weighted by Gasteiger charge is 2.33. The van der Waals surface area contributed by atoms with Crippen molar-refractivity contribution in [3.05, 3.63) is 108 Å². The van der Waals surface area contributed by atoms with Crippen molar-refractivity contribution in [2.24, 2.45) is 0 Å². The zero-order valence-electron chi connectivity index (χ0n) is 17.1. The summed E-state index contributed by atoms with van der Waals surface area (Å²) in [5.41, 5.74) is 3.88. The number of benzene rings is 3. The summed E-state index contributed by atoms with van der Waals surface area (Å²) in [6.07, 6.45) is 5.46. The van der Waals surface area contributed by atoms with E-state index in [2.05, 4.69) is 5.32 Å². The lowest BCUT2D eigenvalue weighted by Gasteiger charge is -2.14. The van der Waals surface area contributed by atoms with Crippen molar-refractivity contribution in [2.75, 3.05) is 11.9 Å².